The number of piperazine rings is 1. The third-order valence-corrected chi connectivity index (χ3v) is 3.57. The Labute approximate surface area is 100 Å². The van der Waals surface area contributed by atoms with Crippen LogP contribution < -0.4 is 10.2 Å². The van der Waals surface area contributed by atoms with Crippen molar-refractivity contribution in [2.75, 3.05) is 44.2 Å². The van der Waals surface area contributed by atoms with Crippen LogP contribution in [0.25, 0.3) is 0 Å². The molecule has 0 radical (unpaired) electrons. The van der Waals surface area contributed by atoms with Crippen LogP contribution in [0.15, 0.2) is 18.3 Å². The molecule has 0 spiro atoms. The van der Waals surface area contributed by atoms with Crippen molar-refractivity contribution in [1.82, 2.24) is 15.2 Å². The molecule has 3 heterocycles. The molecule has 0 unspecified atom stereocenters. The van der Waals surface area contributed by atoms with Gasteiger partial charge in [-0.15, -0.1) is 0 Å². The minimum absolute atomic E-state index is 0.270. The van der Waals surface area contributed by atoms with Gasteiger partial charge in [-0.05, 0) is 12.1 Å². The fourth-order valence-corrected chi connectivity index (χ4v) is 2.48. The highest BCUT2D eigenvalue weighted by Gasteiger charge is 2.32. The van der Waals surface area contributed by atoms with Crippen molar-refractivity contribution in [3.8, 4) is 0 Å². The normalized spacial score (nSPS) is 22.5. The molecule has 0 aliphatic carbocycles. The van der Waals surface area contributed by atoms with Gasteiger partial charge >= 0.3 is 0 Å². The molecule has 2 fully saturated rings. The van der Waals surface area contributed by atoms with E-state index in [-0.39, 0.29) is 5.82 Å². The highest BCUT2D eigenvalue weighted by atomic mass is 19.1. The maximum atomic E-state index is 12.7. The first-order valence-electron chi connectivity index (χ1n) is 6.14. The number of halogens is 1. The summed E-state index contributed by atoms with van der Waals surface area (Å²) in [6.45, 7) is 6.47. The summed E-state index contributed by atoms with van der Waals surface area (Å²) in [6, 6.07) is 3.87. The van der Waals surface area contributed by atoms with Crippen LogP contribution in [0, 0.1) is 5.82 Å². The number of hydrogen-bond acceptors (Lipinski definition) is 4. The molecule has 2 aliphatic heterocycles. The van der Waals surface area contributed by atoms with E-state index in [1.165, 1.54) is 12.3 Å². The van der Waals surface area contributed by atoms with Crippen molar-refractivity contribution in [1.29, 1.82) is 0 Å². The SMILES string of the molecule is Fc1ccc(N2CC(N3CCNCC3)C2)nc1. The molecule has 0 saturated carbocycles. The zero-order chi connectivity index (χ0) is 11.7. The summed E-state index contributed by atoms with van der Waals surface area (Å²) >= 11 is 0. The van der Waals surface area contributed by atoms with Crippen LogP contribution in [0.3, 0.4) is 0 Å². The van der Waals surface area contributed by atoms with E-state index >= 15 is 0 Å². The molecular weight excluding hydrogens is 219 g/mol. The van der Waals surface area contributed by atoms with Crippen LogP contribution in [-0.2, 0) is 0 Å². The van der Waals surface area contributed by atoms with E-state index < -0.39 is 0 Å². The Hall–Kier alpha value is -1.20. The molecule has 0 atom stereocenters. The van der Waals surface area contributed by atoms with Gasteiger partial charge in [-0.25, -0.2) is 9.37 Å². The second-order valence-corrected chi connectivity index (χ2v) is 4.68. The van der Waals surface area contributed by atoms with Crippen LogP contribution in [0.5, 0.6) is 0 Å². The van der Waals surface area contributed by atoms with Crippen molar-refractivity contribution in [3.05, 3.63) is 24.1 Å². The van der Waals surface area contributed by atoms with Gasteiger partial charge in [-0.3, -0.25) is 4.90 Å². The highest BCUT2D eigenvalue weighted by molar-refractivity contribution is 5.42. The first kappa shape index (κ1) is 10.9. The van der Waals surface area contributed by atoms with E-state index in [0.717, 1.165) is 45.1 Å². The van der Waals surface area contributed by atoms with E-state index in [1.54, 1.807) is 6.07 Å². The molecule has 2 aliphatic rings. The first-order valence-corrected chi connectivity index (χ1v) is 6.14. The van der Waals surface area contributed by atoms with Gasteiger partial charge in [0.15, 0.2) is 0 Å². The maximum Gasteiger partial charge on any atom is 0.141 e. The fraction of sp³-hybridized carbons (Fsp3) is 0.583. The summed E-state index contributed by atoms with van der Waals surface area (Å²) in [6.07, 6.45) is 1.29. The summed E-state index contributed by atoms with van der Waals surface area (Å²) in [4.78, 5) is 8.82. The number of anilines is 1. The predicted octanol–water partition coefficient (Wildman–Crippen LogP) is 0.315. The van der Waals surface area contributed by atoms with Gasteiger partial charge in [-0.1, -0.05) is 0 Å². The highest BCUT2D eigenvalue weighted by Crippen LogP contribution is 2.21. The monoisotopic (exact) mass is 236 g/mol. The molecule has 2 saturated heterocycles. The minimum Gasteiger partial charge on any atom is -0.353 e. The van der Waals surface area contributed by atoms with Gasteiger partial charge in [-0.2, -0.15) is 0 Å². The average molecular weight is 236 g/mol. The van der Waals surface area contributed by atoms with E-state index in [1.807, 2.05) is 0 Å². The number of hydrogen-bond donors (Lipinski definition) is 1. The van der Waals surface area contributed by atoms with Gasteiger partial charge in [0.25, 0.3) is 0 Å². The second kappa shape index (κ2) is 4.58. The minimum atomic E-state index is -0.270. The topological polar surface area (TPSA) is 31.4 Å². The van der Waals surface area contributed by atoms with Crippen molar-refractivity contribution >= 4 is 5.82 Å². The van der Waals surface area contributed by atoms with E-state index in [9.17, 15) is 4.39 Å². The number of rotatable bonds is 2. The van der Waals surface area contributed by atoms with Gasteiger partial charge in [0, 0.05) is 45.3 Å². The molecule has 3 rings (SSSR count). The lowest BCUT2D eigenvalue weighted by atomic mass is 10.1. The lowest BCUT2D eigenvalue weighted by Gasteiger charge is -2.47. The predicted molar refractivity (Wildman–Crippen MR) is 64.6 cm³/mol. The summed E-state index contributed by atoms with van der Waals surface area (Å²) in [5, 5.41) is 3.36. The lowest BCUT2D eigenvalue weighted by Crippen LogP contribution is -2.63. The summed E-state index contributed by atoms with van der Waals surface area (Å²) in [5.41, 5.74) is 0. The Morgan fingerprint density at radius 3 is 2.65 bits per heavy atom. The summed E-state index contributed by atoms with van der Waals surface area (Å²) < 4.78 is 12.7. The Kier molecular flexibility index (Phi) is 2.94. The van der Waals surface area contributed by atoms with Crippen LogP contribution in [-0.4, -0.2) is 55.2 Å². The molecular formula is C12H17FN4. The number of aromatic nitrogens is 1. The molecule has 1 aromatic heterocycles. The van der Waals surface area contributed by atoms with Crippen LogP contribution in [0.1, 0.15) is 0 Å². The number of nitrogens with one attached hydrogen (secondary N) is 1. The Morgan fingerprint density at radius 1 is 1.24 bits per heavy atom. The quantitative estimate of drug-likeness (QED) is 0.801. The van der Waals surface area contributed by atoms with Crippen LogP contribution in [0.2, 0.25) is 0 Å². The molecule has 0 amide bonds. The third kappa shape index (κ3) is 2.25. The third-order valence-electron chi connectivity index (χ3n) is 3.57. The van der Waals surface area contributed by atoms with Crippen molar-refractivity contribution in [3.63, 3.8) is 0 Å². The summed E-state index contributed by atoms with van der Waals surface area (Å²) in [7, 11) is 0. The Balaban J connectivity index is 1.55. The van der Waals surface area contributed by atoms with E-state index in [4.69, 9.17) is 0 Å². The zero-order valence-corrected chi connectivity index (χ0v) is 9.77. The molecule has 0 bridgehead atoms. The smallest absolute Gasteiger partial charge is 0.141 e. The van der Waals surface area contributed by atoms with Crippen LogP contribution >= 0.6 is 0 Å². The second-order valence-electron chi connectivity index (χ2n) is 4.68. The van der Waals surface area contributed by atoms with Crippen molar-refractivity contribution in [2.24, 2.45) is 0 Å². The standard InChI is InChI=1S/C12H17FN4/c13-10-1-2-12(15-7-10)17-8-11(9-17)16-5-3-14-4-6-16/h1-2,7,11,14H,3-6,8-9H2. The fourth-order valence-electron chi connectivity index (χ4n) is 2.48. The Bertz CT molecular complexity index is 369. The number of pyridine rings is 1. The Morgan fingerprint density at radius 2 is 2.00 bits per heavy atom. The maximum absolute atomic E-state index is 12.7. The van der Waals surface area contributed by atoms with Crippen LogP contribution in [0.4, 0.5) is 10.2 Å². The largest absolute Gasteiger partial charge is 0.353 e. The molecule has 0 aromatic carbocycles. The van der Waals surface area contributed by atoms with Gasteiger partial charge in [0.05, 0.1) is 6.20 Å². The van der Waals surface area contributed by atoms with Crippen molar-refractivity contribution in [2.45, 2.75) is 6.04 Å². The average Bonchev–Trinajstić information content (AvgIpc) is 2.31. The van der Waals surface area contributed by atoms with E-state index in [0.29, 0.717) is 6.04 Å². The van der Waals surface area contributed by atoms with Gasteiger partial charge in [0.2, 0.25) is 0 Å². The van der Waals surface area contributed by atoms with Gasteiger partial charge in [0.1, 0.15) is 11.6 Å². The summed E-state index contributed by atoms with van der Waals surface area (Å²) in [5.74, 6) is 0.616. The zero-order valence-electron chi connectivity index (χ0n) is 9.77. The van der Waals surface area contributed by atoms with E-state index in [2.05, 4.69) is 20.1 Å². The lowest BCUT2D eigenvalue weighted by molar-refractivity contribution is 0.147. The molecule has 92 valence electrons. The number of nitrogens with zero attached hydrogens (tertiary/aromatic N) is 3. The molecule has 5 heteroatoms. The molecule has 1 aromatic rings. The molecule has 1 N–H and O–H groups in total. The molecule has 4 nitrogen and oxygen atoms in total. The van der Waals surface area contributed by atoms with Crippen molar-refractivity contribution < 1.29 is 4.39 Å². The molecule has 17 heavy (non-hydrogen) atoms. The first-order chi connectivity index (χ1) is 8.33. The van der Waals surface area contributed by atoms with Gasteiger partial charge < -0.3 is 10.2 Å².